The number of benzene rings is 2. The van der Waals surface area contributed by atoms with Gasteiger partial charge >= 0.3 is 0 Å². The van der Waals surface area contributed by atoms with Crippen molar-refractivity contribution in [3.8, 4) is 11.5 Å². The summed E-state index contributed by atoms with van der Waals surface area (Å²) in [6, 6.07) is 8.10. The Morgan fingerprint density at radius 2 is 2.13 bits per heavy atom. The average Bonchev–Trinajstić information content (AvgIpc) is 3.12. The van der Waals surface area contributed by atoms with Crippen molar-refractivity contribution in [2.24, 2.45) is 7.05 Å². The van der Waals surface area contributed by atoms with E-state index in [4.69, 9.17) is 21.1 Å². The summed E-state index contributed by atoms with van der Waals surface area (Å²) in [5.74, 6) is 1.61. The number of methoxy groups -OCH3 is 1. The third kappa shape index (κ3) is 6.07. The Balaban J connectivity index is 1.56. The van der Waals surface area contributed by atoms with Crippen molar-refractivity contribution < 1.29 is 13.9 Å². The predicted molar refractivity (Wildman–Crippen MR) is 118 cm³/mol. The summed E-state index contributed by atoms with van der Waals surface area (Å²) in [5.41, 5.74) is 1.73. The minimum absolute atomic E-state index is 0.194. The number of nitrogens with zero attached hydrogens (tertiary/aromatic N) is 4. The number of nitrogens with one attached hydrogen (secondary N) is 1. The number of thioether (sulfide) groups is 1. The lowest BCUT2D eigenvalue weighted by molar-refractivity contribution is 0.282. The molecule has 1 N–H and O–H groups in total. The summed E-state index contributed by atoms with van der Waals surface area (Å²) < 4.78 is 27.0. The maximum absolute atomic E-state index is 13.2. The van der Waals surface area contributed by atoms with Crippen molar-refractivity contribution in [1.29, 1.82) is 0 Å². The molecule has 0 radical (unpaired) electrons. The van der Waals surface area contributed by atoms with Gasteiger partial charge in [0.15, 0.2) is 11.5 Å². The number of hydrogen-bond donors (Lipinski definition) is 1. The molecule has 160 valence electrons. The van der Waals surface area contributed by atoms with Crippen molar-refractivity contribution in [3.63, 3.8) is 0 Å². The van der Waals surface area contributed by atoms with E-state index in [-0.39, 0.29) is 12.4 Å². The molecule has 0 amide bonds. The van der Waals surface area contributed by atoms with E-state index < -0.39 is 0 Å². The number of tetrazole rings is 1. The fraction of sp³-hybridized carbons (Fsp3) is 0.316. The number of halogens is 3. The quantitative estimate of drug-likeness (QED) is 0.319. The van der Waals surface area contributed by atoms with Crippen LogP contribution in [0.5, 0.6) is 11.5 Å². The first-order valence-electron chi connectivity index (χ1n) is 8.97. The van der Waals surface area contributed by atoms with Crippen LogP contribution in [0.1, 0.15) is 11.1 Å². The van der Waals surface area contributed by atoms with Crippen LogP contribution in [-0.2, 0) is 20.2 Å². The molecule has 0 spiro atoms. The number of ether oxygens (including phenoxy) is 2. The Morgan fingerprint density at radius 3 is 2.83 bits per heavy atom. The molecule has 3 aromatic rings. The summed E-state index contributed by atoms with van der Waals surface area (Å²) in [6.45, 7) is 1.65. The van der Waals surface area contributed by atoms with Crippen LogP contribution in [0, 0.1) is 5.82 Å². The zero-order chi connectivity index (χ0) is 21.5. The molecule has 0 unspecified atom stereocenters. The van der Waals surface area contributed by atoms with E-state index >= 15 is 0 Å². The Hall–Kier alpha value is -1.88. The normalized spacial score (nSPS) is 11.0. The molecule has 0 saturated carbocycles. The van der Waals surface area contributed by atoms with Crippen molar-refractivity contribution >= 4 is 39.3 Å². The molecule has 7 nitrogen and oxygen atoms in total. The molecule has 0 bridgehead atoms. The van der Waals surface area contributed by atoms with Gasteiger partial charge < -0.3 is 14.8 Å². The summed E-state index contributed by atoms with van der Waals surface area (Å²) in [5, 5.41) is 15.8. The van der Waals surface area contributed by atoms with Crippen molar-refractivity contribution in [2.75, 3.05) is 19.4 Å². The van der Waals surface area contributed by atoms with E-state index in [1.807, 2.05) is 19.2 Å². The topological polar surface area (TPSA) is 74.1 Å². The van der Waals surface area contributed by atoms with Gasteiger partial charge in [0, 0.05) is 31.5 Å². The lowest BCUT2D eigenvalue weighted by atomic mass is 10.2. The second kappa shape index (κ2) is 10.9. The number of aromatic nitrogens is 4. The third-order valence-electron chi connectivity index (χ3n) is 4.10. The number of rotatable bonds is 10. The van der Waals surface area contributed by atoms with E-state index in [0.29, 0.717) is 28.6 Å². The van der Waals surface area contributed by atoms with Gasteiger partial charge in [-0.3, -0.25) is 0 Å². The molecule has 0 fully saturated rings. The van der Waals surface area contributed by atoms with Gasteiger partial charge in [0.25, 0.3) is 0 Å². The Kier molecular flexibility index (Phi) is 8.32. The van der Waals surface area contributed by atoms with Crippen LogP contribution in [0.2, 0.25) is 5.02 Å². The highest BCUT2D eigenvalue weighted by Crippen LogP contribution is 2.37. The summed E-state index contributed by atoms with van der Waals surface area (Å²) in [6.07, 6.45) is 0. The lowest BCUT2D eigenvalue weighted by Crippen LogP contribution is -2.17. The van der Waals surface area contributed by atoms with Gasteiger partial charge in [0.05, 0.1) is 16.6 Å². The standard InChI is InChI=1S/C19H20BrClFN5O2S/c1-27-19(24-25-26-27)30-6-5-23-10-12-7-15(20)18(17(8-12)28-2)29-11-13-3-4-14(22)9-16(13)21/h3-4,7-9,23H,5-6,10-11H2,1-2H3. The Labute approximate surface area is 191 Å². The van der Waals surface area contributed by atoms with Crippen LogP contribution < -0.4 is 14.8 Å². The maximum Gasteiger partial charge on any atom is 0.209 e. The van der Waals surface area contributed by atoms with Crippen molar-refractivity contribution in [2.45, 2.75) is 18.3 Å². The Bertz CT molecular complexity index is 1010. The smallest absolute Gasteiger partial charge is 0.209 e. The van der Waals surface area contributed by atoms with Crippen molar-refractivity contribution in [3.05, 3.63) is 56.8 Å². The molecule has 1 aromatic heterocycles. The number of hydrogen-bond acceptors (Lipinski definition) is 7. The fourth-order valence-corrected chi connectivity index (χ4v) is 4.17. The van der Waals surface area contributed by atoms with E-state index in [0.717, 1.165) is 27.5 Å². The molecule has 0 aliphatic carbocycles. The first-order chi connectivity index (χ1) is 14.5. The summed E-state index contributed by atoms with van der Waals surface area (Å²) in [4.78, 5) is 0. The van der Waals surface area contributed by atoms with Crippen LogP contribution in [0.3, 0.4) is 0 Å². The minimum atomic E-state index is -0.383. The monoisotopic (exact) mass is 515 g/mol. The molecule has 0 aliphatic rings. The SMILES string of the molecule is COc1cc(CNCCSc2nnnn2C)cc(Br)c1OCc1ccc(F)cc1Cl. The second-order valence-electron chi connectivity index (χ2n) is 6.24. The van der Waals surface area contributed by atoms with Crippen LogP contribution in [-0.4, -0.2) is 39.6 Å². The lowest BCUT2D eigenvalue weighted by Gasteiger charge is -2.15. The first-order valence-corrected chi connectivity index (χ1v) is 11.1. The van der Waals surface area contributed by atoms with E-state index in [2.05, 4.69) is 36.8 Å². The zero-order valence-corrected chi connectivity index (χ0v) is 19.5. The van der Waals surface area contributed by atoms with Crippen LogP contribution in [0.15, 0.2) is 40.0 Å². The highest BCUT2D eigenvalue weighted by Gasteiger charge is 2.13. The van der Waals surface area contributed by atoms with Crippen LogP contribution >= 0.6 is 39.3 Å². The van der Waals surface area contributed by atoms with E-state index in [9.17, 15) is 4.39 Å². The summed E-state index contributed by atoms with van der Waals surface area (Å²) in [7, 11) is 3.40. The molecular formula is C19H20BrClFN5O2S. The third-order valence-corrected chi connectivity index (χ3v) is 6.05. The molecule has 30 heavy (non-hydrogen) atoms. The van der Waals surface area contributed by atoms with Gasteiger partial charge in [0.1, 0.15) is 12.4 Å². The maximum atomic E-state index is 13.2. The summed E-state index contributed by atoms with van der Waals surface area (Å²) >= 11 is 11.2. The number of aryl methyl sites for hydroxylation is 1. The molecule has 0 saturated heterocycles. The van der Waals surface area contributed by atoms with Gasteiger partial charge in [-0.1, -0.05) is 29.4 Å². The molecular weight excluding hydrogens is 497 g/mol. The van der Waals surface area contributed by atoms with Gasteiger partial charge in [-0.05, 0) is 56.2 Å². The molecule has 0 aliphatic heterocycles. The molecule has 1 heterocycles. The van der Waals surface area contributed by atoms with Crippen molar-refractivity contribution in [1.82, 2.24) is 25.5 Å². The van der Waals surface area contributed by atoms with E-state index in [1.165, 1.54) is 12.1 Å². The molecule has 3 rings (SSSR count). The minimum Gasteiger partial charge on any atom is -0.493 e. The van der Waals surface area contributed by atoms with Crippen LogP contribution in [0.25, 0.3) is 0 Å². The van der Waals surface area contributed by atoms with Gasteiger partial charge in [0.2, 0.25) is 5.16 Å². The molecule has 0 atom stereocenters. The van der Waals surface area contributed by atoms with Gasteiger partial charge in [-0.15, -0.1) is 5.10 Å². The first kappa shape index (κ1) is 22.8. The average molecular weight is 517 g/mol. The molecule has 11 heteroatoms. The van der Waals surface area contributed by atoms with Gasteiger partial charge in [-0.25, -0.2) is 9.07 Å². The largest absolute Gasteiger partial charge is 0.493 e. The highest BCUT2D eigenvalue weighted by molar-refractivity contribution is 9.10. The zero-order valence-electron chi connectivity index (χ0n) is 16.4. The predicted octanol–water partition coefficient (Wildman–Crippen LogP) is 4.23. The second-order valence-corrected chi connectivity index (χ2v) is 8.57. The van der Waals surface area contributed by atoms with Gasteiger partial charge in [-0.2, -0.15) is 0 Å². The highest BCUT2D eigenvalue weighted by atomic mass is 79.9. The van der Waals surface area contributed by atoms with Crippen LogP contribution in [0.4, 0.5) is 4.39 Å². The van der Waals surface area contributed by atoms with E-state index in [1.54, 1.807) is 29.6 Å². The molecule has 2 aromatic carbocycles. The fourth-order valence-electron chi connectivity index (χ4n) is 2.59. The Morgan fingerprint density at radius 1 is 1.30 bits per heavy atom.